The Kier molecular flexibility index (Phi) is 5.12. The van der Waals surface area contributed by atoms with Crippen LogP contribution in [0.3, 0.4) is 0 Å². The molecule has 0 radical (unpaired) electrons. The maximum absolute atomic E-state index is 5.97. The summed E-state index contributed by atoms with van der Waals surface area (Å²) in [5.74, 6) is 0.800. The first-order chi connectivity index (χ1) is 9.13. The van der Waals surface area contributed by atoms with Crippen LogP contribution in [0, 0.1) is 3.57 Å². The number of benzene rings is 1. The van der Waals surface area contributed by atoms with Gasteiger partial charge in [-0.3, -0.25) is 0 Å². The topological polar surface area (TPSA) is 55.6 Å². The summed E-state index contributed by atoms with van der Waals surface area (Å²) in [5, 5.41) is 16.1. The average molecular weight is 392 g/mol. The van der Waals surface area contributed by atoms with Gasteiger partial charge in [-0.1, -0.05) is 18.5 Å². The van der Waals surface area contributed by atoms with E-state index in [4.69, 9.17) is 11.6 Å². The summed E-state index contributed by atoms with van der Waals surface area (Å²) in [7, 11) is 0. The molecule has 0 aliphatic carbocycles. The zero-order chi connectivity index (χ0) is 13.8. The van der Waals surface area contributed by atoms with Crippen molar-refractivity contribution in [3.8, 4) is 5.69 Å². The highest BCUT2D eigenvalue weighted by atomic mass is 127. The highest BCUT2D eigenvalue weighted by Crippen LogP contribution is 2.22. The van der Waals surface area contributed by atoms with E-state index in [1.165, 1.54) is 0 Å². The van der Waals surface area contributed by atoms with Crippen LogP contribution >= 0.6 is 34.2 Å². The molecule has 1 aromatic carbocycles. The van der Waals surface area contributed by atoms with Gasteiger partial charge in [0.2, 0.25) is 0 Å². The zero-order valence-electron chi connectivity index (χ0n) is 10.8. The summed E-state index contributed by atoms with van der Waals surface area (Å²) >= 11 is 8.21. The zero-order valence-corrected chi connectivity index (χ0v) is 13.7. The van der Waals surface area contributed by atoms with Crippen molar-refractivity contribution < 1.29 is 0 Å². The molecule has 1 unspecified atom stereocenters. The number of hydrogen-bond donors (Lipinski definition) is 1. The van der Waals surface area contributed by atoms with Crippen LogP contribution < -0.4 is 5.32 Å². The summed E-state index contributed by atoms with van der Waals surface area (Å²) in [4.78, 5) is 0. The van der Waals surface area contributed by atoms with Crippen LogP contribution in [-0.2, 0) is 0 Å². The van der Waals surface area contributed by atoms with E-state index in [9.17, 15) is 0 Å². The molecular weight excluding hydrogens is 377 g/mol. The molecule has 1 heterocycles. The van der Waals surface area contributed by atoms with Gasteiger partial charge in [-0.2, -0.15) is 4.68 Å². The first-order valence-electron chi connectivity index (χ1n) is 6.10. The Bertz CT molecular complexity index is 557. The molecule has 5 nitrogen and oxygen atoms in total. The molecule has 1 aromatic heterocycles. The van der Waals surface area contributed by atoms with Crippen molar-refractivity contribution in [3.05, 3.63) is 32.6 Å². The Morgan fingerprint density at radius 3 is 2.95 bits per heavy atom. The Morgan fingerprint density at radius 2 is 2.26 bits per heavy atom. The van der Waals surface area contributed by atoms with Gasteiger partial charge in [0.25, 0.3) is 0 Å². The summed E-state index contributed by atoms with van der Waals surface area (Å²) in [6.45, 7) is 5.12. The molecule has 0 spiro atoms. The minimum Gasteiger partial charge on any atom is -0.307 e. The Labute approximate surface area is 130 Å². The number of nitrogens with zero attached hydrogens (tertiary/aromatic N) is 4. The van der Waals surface area contributed by atoms with Gasteiger partial charge in [-0.15, -0.1) is 5.10 Å². The molecule has 0 saturated heterocycles. The lowest BCUT2D eigenvalue weighted by molar-refractivity contribution is 0.531. The van der Waals surface area contributed by atoms with E-state index >= 15 is 0 Å². The van der Waals surface area contributed by atoms with Crippen molar-refractivity contribution in [1.82, 2.24) is 25.5 Å². The second-order valence-corrected chi connectivity index (χ2v) is 5.82. The molecule has 1 atom stereocenters. The SMILES string of the molecule is CCCNC(C)c1nnnn1-c1ccc(Cl)cc1I. The van der Waals surface area contributed by atoms with Crippen LogP contribution in [0.15, 0.2) is 18.2 Å². The number of hydrogen-bond acceptors (Lipinski definition) is 4. The van der Waals surface area contributed by atoms with E-state index in [2.05, 4.69) is 57.3 Å². The van der Waals surface area contributed by atoms with Crippen LogP contribution in [0.1, 0.15) is 32.1 Å². The second-order valence-electron chi connectivity index (χ2n) is 4.22. The maximum Gasteiger partial charge on any atom is 0.173 e. The van der Waals surface area contributed by atoms with E-state index in [-0.39, 0.29) is 6.04 Å². The summed E-state index contributed by atoms with van der Waals surface area (Å²) in [6.07, 6.45) is 1.07. The van der Waals surface area contributed by atoms with E-state index in [1.54, 1.807) is 4.68 Å². The maximum atomic E-state index is 5.97. The van der Waals surface area contributed by atoms with Crippen molar-refractivity contribution in [2.75, 3.05) is 6.54 Å². The largest absolute Gasteiger partial charge is 0.307 e. The number of nitrogens with one attached hydrogen (secondary N) is 1. The summed E-state index contributed by atoms with van der Waals surface area (Å²) in [6, 6.07) is 5.76. The number of aromatic nitrogens is 4. The van der Waals surface area contributed by atoms with E-state index in [1.807, 2.05) is 18.2 Å². The van der Waals surface area contributed by atoms with Crippen molar-refractivity contribution in [3.63, 3.8) is 0 Å². The molecule has 0 bridgehead atoms. The fourth-order valence-corrected chi connectivity index (χ4v) is 2.84. The van der Waals surface area contributed by atoms with Gasteiger partial charge in [0.15, 0.2) is 5.82 Å². The van der Waals surface area contributed by atoms with Crippen molar-refractivity contribution in [2.45, 2.75) is 26.3 Å². The molecular formula is C12H15ClIN5. The molecule has 2 rings (SSSR count). The molecule has 7 heteroatoms. The molecule has 1 N–H and O–H groups in total. The van der Waals surface area contributed by atoms with Crippen LogP contribution in [0.5, 0.6) is 0 Å². The van der Waals surface area contributed by atoms with Crippen LogP contribution in [0.4, 0.5) is 0 Å². The van der Waals surface area contributed by atoms with E-state index in [0.29, 0.717) is 5.02 Å². The van der Waals surface area contributed by atoms with Gasteiger partial charge < -0.3 is 5.32 Å². The monoisotopic (exact) mass is 391 g/mol. The van der Waals surface area contributed by atoms with Crippen LogP contribution in [0.25, 0.3) is 5.69 Å². The molecule has 102 valence electrons. The Balaban J connectivity index is 2.33. The van der Waals surface area contributed by atoms with Crippen molar-refractivity contribution in [2.24, 2.45) is 0 Å². The highest BCUT2D eigenvalue weighted by Gasteiger charge is 2.16. The fraction of sp³-hybridized carbons (Fsp3) is 0.417. The van der Waals surface area contributed by atoms with Crippen LogP contribution in [0.2, 0.25) is 5.02 Å². The molecule has 2 aromatic rings. The molecule has 0 fully saturated rings. The summed E-state index contributed by atoms with van der Waals surface area (Å²) < 4.78 is 2.77. The molecule has 0 saturated carbocycles. The summed E-state index contributed by atoms with van der Waals surface area (Å²) in [5.41, 5.74) is 0.940. The van der Waals surface area contributed by atoms with Gasteiger partial charge in [0, 0.05) is 8.59 Å². The van der Waals surface area contributed by atoms with Crippen molar-refractivity contribution >= 4 is 34.2 Å². The molecule has 0 aliphatic rings. The van der Waals surface area contributed by atoms with Gasteiger partial charge >= 0.3 is 0 Å². The average Bonchev–Trinajstić information content (AvgIpc) is 2.85. The normalized spacial score (nSPS) is 12.6. The lowest BCUT2D eigenvalue weighted by Crippen LogP contribution is -2.23. The molecule has 0 aliphatic heterocycles. The quantitative estimate of drug-likeness (QED) is 0.796. The fourth-order valence-electron chi connectivity index (χ4n) is 1.74. The van der Waals surface area contributed by atoms with Gasteiger partial charge in [-0.05, 0) is 71.1 Å². The second kappa shape index (κ2) is 6.62. The van der Waals surface area contributed by atoms with Crippen molar-refractivity contribution in [1.29, 1.82) is 0 Å². The smallest absolute Gasteiger partial charge is 0.173 e. The minimum absolute atomic E-state index is 0.0985. The third-order valence-electron chi connectivity index (χ3n) is 2.72. The Hall–Kier alpha value is -0.730. The molecule has 0 amide bonds. The number of halogens is 2. The lowest BCUT2D eigenvalue weighted by Gasteiger charge is -2.13. The molecule has 19 heavy (non-hydrogen) atoms. The van der Waals surface area contributed by atoms with E-state index in [0.717, 1.165) is 28.0 Å². The standard InChI is InChI=1S/C12H15ClIN5/c1-3-6-15-8(2)12-16-17-18-19(12)11-5-4-9(13)7-10(11)14/h4-5,7-8,15H,3,6H2,1-2H3. The van der Waals surface area contributed by atoms with Gasteiger partial charge in [0.05, 0.1) is 11.7 Å². The highest BCUT2D eigenvalue weighted by molar-refractivity contribution is 14.1. The first kappa shape index (κ1) is 14.7. The Morgan fingerprint density at radius 1 is 1.47 bits per heavy atom. The first-order valence-corrected chi connectivity index (χ1v) is 7.56. The van der Waals surface area contributed by atoms with Crippen LogP contribution in [-0.4, -0.2) is 26.8 Å². The third kappa shape index (κ3) is 3.43. The van der Waals surface area contributed by atoms with Gasteiger partial charge in [0.1, 0.15) is 0 Å². The predicted molar refractivity (Wildman–Crippen MR) is 83.6 cm³/mol. The predicted octanol–water partition coefficient (Wildman–Crippen LogP) is 2.98. The third-order valence-corrected chi connectivity index (χ3v) is 3.82. The minimum atomic E-state index is 0.0985. The van der Waals surface area contributed by atoms with Gasteiger partial charge in [-0.25, -0.2) is 0 Å². The van der Waals surface area contributed by atoms with E-state index < -0.39 is 0 Å². The lowest BCUT2D eigenvalue weighted by atomic mass is 10.2. The number of tetrazole rings is 1. The number of rotatable bonds is 5.